The largest absolute Gasteiger partial charge is 0.457 e. The molecule has 0 spiro atoms. The zero-order valence-electron chi connectivity index (χ0n) is 31.7. The molecule has 0 bridgehead atoms. The van der Waals surface area contributed by atoms with Gasteiger partial charge in [0.1, 0.15) is 34.6 Å². The van der Waals surface area contributed by atoms with E-state index < -0.39 is 23.5 Å². The van der Waals surface area contributed by atoms with Gasteiger partial charge in [0.2, 0.25) is 11.9 Å². The van der Waals surface area contributed by atoms with Gasteiger partial charge in [0, 0.05) is 81.8 Å². The molecule has 16 heteroatoms. The number of anilines is 2. The summed E-state index contributed by atoms with van der Waals surface area (Å²) in [5.74, 6) is 0.0792. The van der Waals surface area contributed by atoms with Crippen LogP contribution >= 0.6 is 0 Å². The zero-order valence-corrected chi connectivity index (χ0v) is 31.7. The number of aryl methyl sites for hydroxylation is 2. The van der Waals surface area contributed by atoms with Gasteiger partial charge < -0.3 is 20.9 Å². The molecule has 0 aliphatic carbocycles. The third-order valence-corrected chi connectivity index (χ3v) is 8.71. The number of nitrogens with two attached hydrogens (primary N) is 2. The molecule has 0 unspecified atom stereocenters. The molecule has 0 amide bonds. The quantitative estimate of drug-likeness (QED) is 0.141. The lowest BCUT2D eigenvalue weighted by atomic mass is 10.0. The lowest BCUT2D eigenvalue weighted by Crippen LogP contribution is -2.07. The summed E-state index contributed by atoms with van der Waals surface area (Å²) in [6, 6.07) is 27.8. The van der Waals surface area contributed by atoms with Crippen LogP contribution in [0.3, 0.4) is 0 Å². The van der Waals surface area contributed by atoms with Crippen molar-refractivity contribution in [3.63, 3.8) is 0 Å². The highest BCUT2D eigenvalue weighted by Gasteiger charge is 2.32. The van der Waals surface area contributed by atoms with Crippen LogP contribution in [0.5, 0.6) is 23.3 Å². The summed E-state index contributed by atoms with van der Waals surface area (Å²) in [5, 5.41) is 0. The van der Waals surface area contributed by atoms with Crippen LogP contribution < -0.4 is 20.9 Å². The van der Waals surface area contributed by atoms with Crippen molar-refractivity contribution in [3.05, 3.63) is 163 Å². The first-order valence-electron chi connectivity index (χ1n) is 18.0. The van der Waals surface area contributed by atoms with Crippen molar-refractivity contribution in [1.82, 2.24) is 34.9 Å². The van der Waals surface area contributed by atoms with Gasteiger partial charge >= 0.3 is 12.2 Å². The smallest absolute Gasteiger partial charge is 0.433 e. The molecule has 4 heterocycles. The summed E-state index contributed by atoms with van der Waals surface area (Å²) < 4.78 is 80.0. The second-order valence-electron chi connectivity index (χ2n) is 13.1. The topological polar surface area (TPSA) is 161 Å². The van der Waals surface area contributed by atoms with Crippen molar-refractivity contribution in [3.8, 4) is 67.8 Å². The Balaban J connectivity index is 0.000000182. The van der Waals surface area contributed by atoms with Gasteiger partial charge in [-0.1, -0.05) is 60.7 Å². The van der Waals surface area contributed by atoms with E-state index in [2.05, 4.69) is 34.9 Å². The fourth-order valence-electron chi connectivity index (χ4n) is 5.97. The lowest BCUT2D eigenvalue weighted by molar-refractivity contribution is -0.141. The maximum absolute atomic E-state index is 14.8. The first-order valence-corrected chi connectivity index (χ1v) is 18.0. The van der Waals surface area contributed by atoms with E-state index in [1.165, 1.54) is 43.0 Å². The first-order chi connectivity index (χ1) is 28.8. The van der Waals surface area contributed by atoms with Crippen LogP contribution in [0.1, 0.15) is 17.1 Å². The minimum absolute atomic E-state index is 0.0362. The number of para-hydroxylation sites is 2. The molecule has 8 aromatic rings. The molecule has 4 aromatic heterocycles. The highest BCUT2D eigenvalue weighted by atomic mass is 19.4. The Morgan fingerprint density at radius 1 is 0.500 bits per heavy atom. The SMILES string of the molecule is Cc1cc(C)nc(Oc2ccccc2-c2ccc(-c3cnc(N)nc3)c(F)c2)n1.Nc1ncc(-c2ccc(-c3ccccc3Oc3ccnc(C(F)(F)F)c3)cc2F)cn1. The highest BCUT2D eigenvalue weighted by Crippen LogP contribution is 2.38. The lowest BCUT2D eigenvalue weighted by Gasteiger charge is -2.13. The number of benzene rings is 4. The van der Waals surface area contributed by atoms with Gasteiger partial charge in [-0.3, -0.25) is 4.98 Å². The Kier molecular flexibility index (Phi) is 11.6. The number of aromatic nitrogens is 7. The number of nitrogen functional groups attached to an aromatic ring is 2. The Morgan fingerprint density at radius 3 is 1.43 bits per heavy atom. The van der Waals surface area contributed by atoms with Gasteiger partial charge in [-0.05, 0) is 61.4 Å². The molecule has 0 atom stereocenters. The van der Waals surface area contributed by atoms with Gasteiger partial charge in [-0.25, -0.2) is 38.7 Å². The third-order valence-electron chi connectivity index (χ3n) is 8.71. The normalized spacial score (nSPS) is 11.1. The number of alkyl halides is 3. The summed E-state index contributed by atoms with van der Waals surface area (Å²) in [5.41, 5.74) is 15.6. The summed E-state index contributed by atoms with van der Waals surface area (Å²) in [4.78, 5) is 27.5. The monoisotopic (exact) mass is 813 g/mol. The van der Waals surface area contributed by atoms with Crippen molar-refractivity contribution < 1.29 is 31.4 Å². The van der Waals surface area contributed by atoms with E-state index in [1.54, 1.807) is 48.5 Å². The molecule has 0 aliphatic heterocycles. The molecule has 4 aromatic carbocycles. The fourth-order valence-corrected chi connectivity index (χ4v) is 5.97. The number of hydrogen-bond donors (Lipinski definition) is 2. The molecule has 0 saturated carbocycles. The van der Waals surface area contributed by atoms with Crippen LogP contribution in [0.2, 0.25) is 0 Å². The molecule has 0 aliphatic rings. The van der Waals surface area contributed by atoms with Crippen molar-refractivity contribution in [2.45, 2.75) is 20.0 Å². The van der Waals surface area contributed by atoms with E-state index >= 15 is 0 Å². The maximum atomic E-state index is 14.8. The van der Waals surface area contributed by atoms with Gasteiger partial charge in [0.25, 0.3) is 0 Å². The Labute approximate surface area is 339 Å². The van der Waals surface area contributed by atoms with Crippen LogP contribution in [-0.4, -0.2) is 34.9 Å². The number of halogens is 5. The molecule has 8 rings (SSSR count). The Bertz CT molecular complexity index is 2770. The molecular weight excluding hydrogens is 782 g/mol. The summed E-state index contributed by atoms with van der Waals surface area (Å²) in [6.07, 6.45) is 2.25. The molecule has 11 nitrogen and oxygen atoms in total. The van der Waals surface area contributed by atoms with Crippen molar-refractivity contribution >= 4 is 11.9 Å². The van der Waals surface area contributed by atoms with Crippen LogP contribution in [0, 0.1) is 25.5 Å². The van der Waals surface area contributed by atoms with E-state index in [4.69, 9.17) is 20.9 Å². The highest BCUT2D eigenvalue weighted by molar-refractivity contribution is 5.76. The number of ether oxygens (including phenoxy) is 2. The Hall–Kier alpha value is -7.88. The maximum Gasteiger partial charge on any atom is 0.433 e. The molecule has 4 N–H and O–H groups in total. The zero-order chi connectivity index (χ0) is 42.4. The summed E-state index contributed by atoms with van der Waals surface area (Å²) >= 11 is 0. The standard InChI is InChI=1S/C22H14F4N4O.C22H18FN5O/c23-18-9-13(5-6-16(18)14-11-29-21(27)30-12-14)17-3-1-2-4-19(17)31-15-7-8-28-20(10-15)22(24,25)26;1-13-9-14(2)28-22(27-13)29-20-6-4-3-5-18(20)15-7-8-17(19(23)10-15)16-11-25-21(24)26-12-16/h1-12H,(H2,27,29,30);3-12H,1-2H3,(H2,24,25,26). The fraction of sp³-hybridized carbons (Fsp3) is 0.0682. The van der Waals surface area contributed by atoms with E-state index in [1.807, 2.05) is 44.2 Å². The van der Waals surface area contributed by atoms with Crippen molar-refractivity contribution in [1.29, 1.82) is 0 Å². The molecule has 60 heavy (non-hydrogen) atoms. The van der Waals surface area contributed by atoms with Gasteiger partial charge in [0.05, 0.1) is 0 Å². The van der Waals surface area contributed by atoms with Crippen molar-refractivity contribution in [2.75, 3.05) is 11.5 Å². The van der Waals surface area contributed by atoms with E-state index in [9.17, 15) is 22.0 Å². The number of pyridine rings is 1. The average molecular weight is 814 g/mol. The molecular formula is C44H32F5N9O2. The molecule has 0 saturated heterocycles. The minimum atomic E-state index is -4.59. The number of hydrogen-bond acceptors (Lipinski definition) is 11. The molecule has 300 valence electrons. The van der Waals surface area contributed by atoms with Crippen LogP contribution in [0.25, 0.3) is 44.5 Å². The third kappa shape index (κ3) is 9.62. The van der Waals surface area contributed by atoms with Crippen LogP contribution in [-0.2, 0) is 6.18 Å². The van der Waals surface area contributed by atoms with Crippen LogP contribution in [0.4, 0.5) is 33.8 Å². The second-order valence-corrected chi connectivity index (χ2v) is 13.1. The Morgan fingerprint density at radius 2 is 0.967 bits per heavy atom. The average Bonchev–Trinajstić information content (AvgIpc) is 3.22. The predicted octanol–water partition coefficient (Wildman–Crippen LogP) is 10.5. The second kappa shape index (κ2) is 17.3. The van der Waals surface area contributed by atoms with E-state index in [-0.39, 0.29) is 35.0 Å². The minimum Gasteiger partial charge on any atom is -0.457 e. The van der Waals surface area contributed by atoms with Crippen molar-refractivity contribution in [2.24, 2.45) is 0 Å². The summed E-state index contributed by atoms with van der Waals surface area (Å²) in [7, 11) is 0. The molecule has 0 radical (unpaired) electrons. The summed E-state index contributed by atoms with van der Waals surface area (Å²) in [6.45, 7) is 3.75. The molecule has 0 fully saturated rings. The van der Waals surface area contributed by atoms with Crippen LogP contribution in [0.15, 0.2) is 134 Å². The predicted molar refractivity (Wildman–Crippen MR) is 215 cm³/mol. The number of rotatable bonds is 8. The van der Waals surface area contributed by atoms with Gasteiger partial charge in [-0.2, -0.15) is 13.2 Å². The van der Waals surface area contributed by atoms with E-state index in [0.29, 0.717) is 39.1 Å². The van der Waals surface area contributed by atoms with E-state index in [0.717, 1.165) is 29.2 Å². The van der Waals surface area contributed by atoms with Gasteiger partial charge in [0.15, 0.2) is 0 Å². The van der Waals surface area contributed by atoms with Gasteiger partial charge in [-0.15, -0.1) is 0 Å². The first kappa shape index (κ1) is 40.3. The number of nitrogens with zero attached hydrogens (tertiary/aromatic N) is 7.